The number of hydrogen-bond donors (Lipinski definition) is 2. The fourth-order valence-electron chi connectivity index (χ4n) is 3.45. The van der Waals surface area contributed by atoms with E-state index in [1.54, 1.807) is 24.3 Å². The van der Waals surface area contributed by atoms with Crippen molar-refractivity contribution in [3.63, 3.8) is 0 Å². The van der Waals surface area contributed by atoms with Crippen molar-refractivity contribution in [1.29, 1.82) is 0 Å². The first-order valence-corrected chi connectivity index (χ1v) is 9.61. The number of rotatable bonds is 5. The van der Waals surface area contributed by atoms with Crippen LogP contribution < -0.4 is 15.8 Å². The lowest BCUT2D eigenvalue weighted by Gasteiger charge is -2.27. The molecule has 28 heavy (non-hydrogen) atoms. The lowest BCUT2D eigenvalue weighted by molar-refractivity contribution is -0.130. The Morgan fingerprint density at radius 3 is 2.36 bits per heavy atom. The molecule has 1 aliphatic carbocycles. The van der Waals surface area contributed by atoms with Gasteiger partial charge in [0.25, 0.3) is 5.91 Å². The molecule has 6 heteroatoms. The maximum Gasteiger partial charge on any atom is 0.251 e. The van der Waals surface area contributed by atoms with E-state index in [0.717, 1.165) is 18.4 Å². The summed E-state index contributed by atoms with van der Waals surface area (Å²) >= 11 is 0. The molecule has 1 unspecified atom stereocenters. The van der Waals surface area contributed by atoms with Crippen LogP contribution in [0, 0.1) is 12.8 Å². The quantitative estimate of drug-likeness (QED) is 0.841. The molecular weight excluding hydrogens is 354 g/mol. The molecule has 0 radical (unpaired) electrons. The predicted octanol–water partition coefficient (Wildman–Crippen LogP) is 3.03. The smallest absolute Gasteiger partial charge is 0.251 e. The van der Waals surface area contributed by atoms with Crippen molar-refractivity contribution in [1.82, 2.24) is 10.7 Å². The van der Waals surface area contributed by atoms with Crippen molar-refractivity contribution >= 4 is 23.4 Å². The average molecular weight is 377 g/mol. The Labute approximate surface area is 163 Å². The van der Waals surface area contributed by atoms with E-state index in [0.29, 0.717) is 17.2 Å². The number of carbonyl (C=O) groups excluding carboxylic acids is 3. The third-order valence-corrected chi connectivity index (χ3v) is 5.26. The molecule has 0 aromatic heterocycles. The minimum atomic E-state index is -0.188. The highest BCUT2D eigenvalue weighted by atomic mass is 16.2. The summed E-state index contributed by atoms with van der Waals surface area (Å²) in [7, 11) is 0. The van der Waals surface area contributed by atoms with Gasteiger partial charge in [-0.05, 0) is 55.5 Å². The lowest BCUT2D eigenvalue weighted by atomic mass is 10.0. The van der Waals surface area contributed by atoms with Crippen molar-refractivity contribution in [3.8, 4) is 0 Å². The standard InChI is InChI=1S/C22H23N3O3/c1-14-2-4-15(5-3-14)21(16-6-7-16)23-22(28)17-8-10-18(11-9-17)25-20(27)13-12-19(26)24-25/h2-5,8-11,16,21H,6-7,12-13H2,1H3,(H,23,28)(H,24,26). The summed E-state index contributed by atoms with van der Waals surface area (Å²) in [5, 5.41) is 4.40. The molecule has 2 fully saturated rings. The van der Waals surface area contributed by atoms with Crippen LogP contribution in [-0.2, 0) is 9.59 Å². The zero-order valence-corrected chi connectivity index (χ0v) is 15.8. The van der Waals surface area contributed by atoms with Gasteiger partial charge in [-0.2, -0.15) is 0 Å². The summed E-state index contributed by atoms with van der Waals surface area (Å²) in [6, 6.07) is 15.0. The molecule has 1 saturated carbocycles. The molecule has 1 saturated heterocycles. The average Bonchev–Trinajstić information content (AvgIpc) is 3.54. The third kappa shape index (κ3) is 3.91. The van der Waals surface area contributed by atoms with Crippen LogP contribution in [0.1, 0.15) is 53.2 Å². The van der Waals surface area contributed by atoms with Crippen molar-refractivity contribution in [3.05, 3.63) is 65.2 Å². The summed E-state index contributed by atoms with van der Waals surface area (Å²) in [6.07, 6.45) is 2.63. The van der Waals surface area contributed by atoms with Crippen LogP contribution in [0.2, 0.25) is 0 Å². The van der Waals surface area contributed by atoms with Crippen LogP contribution in [0.4, 0.5) is 5.69 Å². The SMILES string of the molecule is Cc1ccc(C(NC(=O)c2ccc(N3NC(=O)CCC3=O)cc2)C2CC2)cc1. The van der Waals surface area contributed by atoms with E-state index in [1.165, 1.54) is 10.6 Å². The first-order valence-electron chi connectivity index (χ1n) is 9.61. The zero-order valence-electron chi connectivity index (χ0n) is 15.8. The topological polar surface area (TPSA) is 78.5 Å². The van der Waals surface area contributed by atoms with E-state index in [4.69, 9.17) is 0 Å². The van der Waals surface area contributed by atoms with Gasteiger partial charge in [-0.3, -0.25) is 19.8 Å². The number of hydrazine groups is 1. The Hall–Kier alpha value is -3.15. The first-order chi connectivity index (χ1) is 13.5. The Balaban J connectivity index is 1.47. The number of amides is 3. The van der Waals surface area contributed by atoms with Gasteiger partial charge in [-0.1, -0.05) is 29.8 Å². The monoisotopic (exact) mass is 377 g/mol. The van der Waals surface area contributed by atoms with Gasteiger partial charge in [0.05, 0.1) is 11.7 Å². The number of anilines is 1. The van der Waals surface area contributed by atoms with E-state index in [1.807, 2.05) is 6.92 Å². The Kier molecular flexibility index (Phi) is 4.86. The van der Waals surface area contributed by atoms with E-state index in [9.17, 15) is 14.4 Å². The van der Waals surface area contributed by atoms with Crippen LogP contribution in [-0.4, -0.2) is 17.7 Å². The van der Waals surface area contributed by atoms with Crippen molar-refractivity contribution in [2.24, 2.45) is 5.92 Å². The van der Waals surface area contributed by atoms with Crippen LogP contribution in [0.25, 0.3) is 0 Å². The number of nitrogens with zero attached hydrogens (tertiary/aromatic N) is 1. The summed E-state index contributed by atoms with van der Waals surface area (Å²) in [6.45, 7) is 2.05. The number of benzene rings is 2. The number of aryl methyl sites for hydroxylation is 1. The fourth-order valence-corrected chi connectivity index (χ4v) is 3.45. The van der Waals surface area contributed by atoms with Crippen LogP contribution in [0.5, 0.6) is 0 Å². The molecule has 3 amide bonds. The second-order valence-corrected chi connectivity index (χ2v) is 7.51. The van der Waals surface area contributed by atoms with E-state index < -0.39 is 0 Å². The van der Waals surface area contributed by atoms with Gasteiger partial charge in [0.15, 0.2) is 0 Å². The van der Waals surface area contributed by atoms with Crippen LogP contribution >= 0.6 is 0 Å². The Morgan fingerprint density at radius 2 is 1.71 bits per heavy atom. The lowest BCUT2D eigenvalue weighted by Crippen LogP contribution is -2.50. The molecule has 4 rings (SSSR count). The van der Waals surface area contributed by atoms with Gasteiger partial charge in [0.1, 0.15) is 0 Å². The zero-order chi connectivity index (χ0) is 19.7. The van der Waals surface area contributed by atoms with Gasteiger partial charge in [0.2, 0.25) is 11.8 Å². The molecule has 1 atom stereocenters. The molecule has 2 aromatic carbocycles. The first kappa shape index (κ1) is 18.2. The maximum absolute atomic E-state index is 12.8. The molecule has 2 aliphatic rings. The highest BCUT2D eigenvalue weighted by Crippen LogP contribution is 2.41. The van der Waals surface area contributed by atoms with E-state index in [2.05, 4.69) is 35.0 Å². The minimum Gasteiger partial charge on any atom is -0.345 e. The fraction of sp³-hybridized carbons (Fsp3) is 0.318. The normalized spacial score (nSPS) is 17.8. The summed E-state index contributed by atoms with van der Waals surface area (Å²) in [4.78, 5) is 36.3. The number of carbonyl (C=O) groups is 3. The van der Waals surface area contributed by atoms with Gasteiger partial charge >= 0.3 is 0 Å². The molecule has 2 N–H and O–H groups in total. The Morgan fingerprint density at radius 1 is 1.04 bits per heavy atom. The van der Waals surface area contributed by atoms with Crippen LogP contribution in [0.3, 0.4) is 0 Å². The van der Waals surface area contributed by atoms with Crippen molar-refractivity contribution in [2.45, 2.75) is 38.6 Å². The second-order valence-electron chi connectivity index (χ2n) is 7.51. The minimum absolute atomic E-state index is 0.00994. The van der Waals surface area contributed by atoms with Gasteiger partial charge in [-0.15, -0.1) is 0 Å². The molecule has 0 spiro atoms. The largest absolute Gasteiger partial charge is 0.345 e. The molecule has 6 nitrogen and oxygen atoms in total. The molecule has 144 valence electrons. The van der Waals surface area contributed by atoms with Crippen LogP contribution in [0.15, 0.2) is 48.5 Å². The predicted molar refractivity (Wildman–Crippen MR) is 105 cm³/mol. The highest BCUT2D eigenvalue weighted by molar-refractivity contribution is 6.01. The Bertz CT molecular complexity index is 902. The molecule has 1 heterocycles. The highest BCUT2D eigenvalue weighted by Gasteiger charge is 2.33. The third-order valence-electron chi connectivity index (χ3n) is 5.26. The van der Waals surface area contributed by atoms with Crippen molar-refractivity contribution in [2.75, 3.05) is 5.01 Å². The molecule has 0 bridgehead atoms. The summed E-state index contributed by atoms with van der Waals surface area (Å²) < 4.78 is 0. The van der Waals surface area contributed by atoms with E-state index >= 15 is 0 Å². The van der Waals surface area contributed by atoms with Gasteiger partial charge in [-0.25, -0.2) is 5.01 Å². The van der Waals surface area contributed by atoms with Gasteiger partial charge < -0.3 is 5.32 Å². The van der Waals surface area contributed by atoms with E-state index in [-0.39, 0.29) is 36.6 Å². The number of hydrogen-bond acceptors (Lipinski definition) is 3. The van der Waals surface area contributed by atoms with Crippen molar-refractivity contribution < 1.29 is 14.4 Å². The maximum atomic E-state index is 12.8. The molecule has 2 aromatic rings. The molecule has 1 aliphatic heterocycles. The number of nitrogens with one attached hydrogen (secondary N) is 2. The van der Waals surface area contributed by atoms with Gasteiger partial charge in [0, 0.05) is 18.4 Å². The molecular formula is C22H23N3O3. The second kappa shape index (κ2) is 7.46. The summed E-state index contributed by atoms with van der Waals surface area (Å²) in [5.41, 5.74) is 5.95. The summed E-state index contributed by atoms with van der Waals surface area (Å²) in [5.74, 6) is -0.0121.